The molecule has 0 aromatic rings. The first kappa shape index (κ1) is 54.7. The Kier molecular flexibility index (Phi) is 31.6. The van der Waals surface area contributed by atoms with Gasteiger partial charge in [-0.1, -0.05) is 34.6 Å². The van der Waals surface area contributed by atoms with Gasteiger partial charge in [0.2, 0.25) is 0 Å². The topological polar surface area (TPSA) is 56.4 Å². The van der Waals surface area contributed by atoms with Crippen molar-refractivity contribution in [2.45, 2.75) is 119 Å². The second-order valence-corrected chi connectivity index (χ2v) is 19.1. The molecule has 0 aromatic carbocycles. The van der Waals surface area contributed by atoms with Crippen molar-refractivity contribution in [3.63, 3.8) is 0 Å². The van der Waals surface area contributed by atoms with Crippen LogP contribution in [0.5, 0.6) is 0 Å². The van der Waals surface area contributed by atoms with Crippen molar-refractivity contribution in [1.82, 2.24) is 29.4 Å². The van der Waals surface area contributed by atoms with Gasteiger partial charge in [0.25, 0.3) is 0 Å². The van der Waals surface area contributed by atoms with Crippen LogP contribution in [-0.2, 0) is 18.9 Å². The molecule has 6 saturated heterocycles. The molecule has 6 fully saturated rings. The molecule has 0 radical (unpaired) electrons. The maximum absolute atomic E-state index is 5.42. The molecule has 4 atom stereocenters. The zero-order chi connectivity index (χ0) is 43.1. The van der Waals surface area contributed by atoms with E-state index >= 15 is 0 Å². The van der Waals surface area contributed by atoms with Crippen LogP contribution in [0.4, 0.5) is 0 Å². The van der Waals surface area contributed by atoms with E-state index in [-0.39, 0.29) is 0 Å². The minimum absolute atomic E-state index is 0.735. The number of ether oxygens (including phenoxy) is 4. The predicted octanol–water partition coefficient (Wildman–Crippen LogP) is 7.66. The Hall–Kier alpha value is -0.400. The van der Waals surface area contributed by atoms with E-state index in [0.717, 1.165) is 68.7 Å². The van der Waals surface area contributed by atoms with E-state index in [1.165, 1.54) is 182 Å². The highest BCUT2D eigenvalue weighted by molar-refractivity contribution is 4.96. The summed E-state index contributed by atoms with van der Waals surface area (Å²) in [6, 6.07) is 0. The van der Waals surface area contributed by atoms with Crippen LogP contribution >= 0.6 is 0 Å². The molecular weight excluding hydrogens is 737 g/mol. The van der Waals surface area contributed by atoms with Gasteiger partial charge in [0.1, 0.15) is 0 Å². The van der Waals surface area contributed by atoms with Gasteiger partial charge in [-0.25, -0.2) is 0 Å². The van der Waals surface area contributed by atoms with E-state index in [4.69, 9.17) is 18.9 Å². The highest BCUT2D eigenvalue weighted by Gasteiger charge is 2.42. The van der Waals surface area contributed by atoms with Crippen LogP contribution in [0.15, 0.2) is 0 Å². The average molecular weight is 839 g/mol. The summed E-state index contributed by atoms with van der Waals surface area (Å²) >= 11 is 0. The highest BCUT2D eigenvalue weighted by Crippen LogP contribution is 2.39. The van der Waals surface area contributed by atoms with Gasteiger partial charge in [0.15, 0.2) is 0 Å². The Bertz CT molecular complexity index is 871. The Balaban J connectivity index is 0.000000255. The van der Waals surface area contributed by atoms with Crippen LogP contribution in [-0.4, -0.2) is 202 Å². The van der Waals surface area contributed by atoms with Gasteiger partial charge in [0.05, 0.1) is 26.4 Å². The maximum Gasteiger partial charge on any atom is 0.0506 e. The Morgan fingerprint density at radius 1 is 0.424 bits per heavy atom. The number of rotatable bonds is 20. The molecule has 10 nitrogen and oxygen atoms in total. The van der Waals surface area contributed by atoms with Crippen molar-refractivity contribution in [3.05, 3.63) is 0 Å². The summed E-state index contributed by atoms with van der Waals surface area (Å²) < 4.78 is 21.1. The van der Waals surface area contributed by atoms with E-state index in [9.17, 15) is 0 Å². The van der Waals surface area contributed by atoms with Gasteiger partial charge in [-0.15, -0.1) is 0 Å². The van der Waals surface area contributed by atoms with E-state index in [1.807, 2.05) is 0 Å². The molecule has 1 spiro atoms. The van der Waals surface area contributed by atoms with Gasteiger partial charge in [-0.05, 0) is 193 Å². The lowest BCUT2D eigenvalue weighted by atomic mass is 9.72. The average Bonchev–Trinajstić information content (AvgIpc) is 4.06. The van der Waals surface area contributed by atoms with Gasteiger partial charge >= 0.3 is 0 Å². The lowest BCUT2D eigenvalue weighted by molar-refractivity contribution is -0.0312. The fourth-order valence-corrected chi connectivity index (χ4v) is 10.3. The van der Waals surface area contributed by atoms with Crippen LogP contribution in [0.2, 0.25) is 0 Å². The third-order valence-electron chi connectivity index (χ3n) is 13.2. The van der Waals surface area contributed by atoms with Gasteiger partial charge < -0.3 is 48.3 Å². The Morgan fingerprint density at radius 3 is 1.00 bits per heavy atom. The fraction of sp³-hybridized carbons (Fsp3) is 1.00. The van der Waals surface area contributed by atoms with Crippen LogP contribution in [0.1, 0.15) is 119 Å². The van der Waals surface area contributed by atoms with Crippen LogP contribution in [0.3, 0.4) is 0 Å². The number of nitrogens with zero attached hydrogens (tertiary/aromatic N) is 6. The lowest BCUT2D eigenvalue weighted by Gasteiger charge is -2.53. The zero-order valence-corrected chi connectivity index (χ0v) is 41.2. The first-order chi connectivity index (χ1) is 28.7. The number of likely N-dealkylation sites (tertiary alicyclic amines) is 6. The quantitative estimate of drug-likeness (QED) is 0.122. The maximum atomic E-state index is 5.42. The van der Waals surface area contributed by atoms with E-state index in [0.29, 0.717) is 0 Å². The summed E-state index contributed by atoms with van der Waals surface area (Å²) in [4.78, 5) is 15.2. The van der Waals surface area contributed by atoms with Gasteiger partial charge in [-0.2, -0.15) is 0 Å². The highest BCUT2D eigenvalue weighted by atomic mass is 16.5. The molecule has 0 unspecified atom stereocenters. The normalized spacial score (nSPS) is 26.3. The molecule has 59 heavy (non-hydrogen) atoms. The van der Waals surface area contributed by atoms with Crippen molar-refractivity contribution in [2.24, 2.45) is 29.1 Å². The molecule has 10 heteroatoms. The molecule has 6 aliphatic rings. The van der Waals surface area contributed by atoms with Crippen LogP contribution in [0.25, 0.3) is 0 Å². The molecule has 6 rings (SSSR count). The minimum Gasteiger partial charge on any atom is -0.384 e. The summed E-state index contributed by atoms with van der Waals surface area (Å²) in [6.07, 6.45) is 14.6. The molecule has 0 amide bonds. The molecule has 0 bridgehead atoms. The molecule has 6 heterocycles. The fourth-order valence-electron chi connectivity index (χ4n) is 10.3. The van der Waals surface area contributed by atoms with Crippen LogP contribution in [0, 0.1) is 29.1 Å². The zero-order valence-electron chi connectivity index (χ0n) is 41.2. The van der Waals surface area contributed by atoms with E-state index in [1.54, 1.807) is 14.2 Å². The number of hydrogen-bond donors (Lipinski definition) is 0. The van der Waals surface area contributed by atoms with Crippen molar-refractivity contribution < 1.29 is 18.9 Å². The molecule has 0 aromatic heterocycles. The number of methoxy groups -OCH3 is 2. The smallest absolute Gasteiger partial charge is 0.0506 e. The van der Waals surface area contributed by atoms with E-state index < -0.39 is 0 Å². The first-order valence-corrected chi connectivity index (χ1v) is 25.1. The molecule has 6 aliphatic heterocycles. The molecule has 0 N–H and O–H groups in total. The second kappa shape index (κ2) is 34.1. The predicted molar refractivity (Wildman–Crippen MR) is 252 cm³/mol. The molecule has 0 aliphatic carbocycles. The van der Waals surface area contributed by atoms with Crippen molar-refractivity contribution >= 4 is 0 Å². The largest absolute Gasteiger partial charge is 0.384 e. The summed E-state index contributed by atoms with van der Waals surface area (Å²) in [5.41, 5.74) is 0.735. The third-order valence-corrected chi connectivity index (χ3v) is 13.2. The Morgan fingerprint density at radius 2 is 0.729 bits per heavy atom. The van der Waals surface area contributed by atoms with E-state index in [2.05, 4.69) is 84.9 Å². The molecule has 0 saturated carbocycles. The third kappa shape index (κ3) is 23.7. The monoisotopic (exact) mass is 839 g/mol. The Labute approximate surface area is 367 Å². The first-order valence-electron chi connectivity index (χ1n) is 25.1. The number of hydrogen-bond acceptors (Lipinski definition) is 10. The standard InChI is InChI=1S/C11H22N2.2C10H21NO.2C9H19NO/c1-3-6-13-7-4-11(5-8-13)9-12(2)10-11;2*1-3-6-11-7-5-10(8-11)9-12-4-2;2*1-3-5-10-6-4-9(7-10)8-11-2/h3-10H2,1-2H3;2*10H,3-9H2,1-2H3;2*9H,3-8H2,1-2H3/t;2*10-;2*9-/m.1010/s1. The summed E-state index contributed by atoms with van der Waals surface area (Å²) in [7, 11) is 5.83. The van der Waals surface area contributed by atoms with Crippen molar-refractivity contribution in [2.75, 3.05) is 172 Å². The summed E-state index contributed by atoms with van der Waals surface area (Å²) in [5.74, 6) is 3.20. The molecular formula is C49H102N6O4. The van der Waals surface area contributed by atoms with Crippen LogP contribution < -0.4 is 0 Å². The summed E-state index contributed by atoms with van der Waals surface area (Å²) in [6.45, 7) is 42.9. The second-order valence-electron chi connectivity index (χ2n) is 19.1. The lowest BCUT2D eigenvalue weighted by Crippen LogP contribution is -2.58. The van der Waals surface area contributed by atoms with Gasteiger partial charge in [0, 0.05) is 66.7 Å². The van der Waals surface area contributed by atoms with Crippen molar-refractivity contribution in [3.8, 4) is 0 Å². The minimum atomic E-state index is 0.735. The van der Waals surface area contributed by atoms with Crippen molar-refractivity contribution in [1.29, 1.82) is 0 Å². The van der Waals surface area contributed by atoms with Gasteiger partial charge in [-0.3, -0.25) is 0 Å². The molecule has 352 valence electrons. The number of piperidine rings is 1. The summed E-state index contributed by atoms with van der Waals surface area (Å²) in [5, 5.41) is 0. The SMILES string of the molecule is CCCN1CCC2(CC1)CN(C)C2.CCCN1CC[C@@H](COC)C1.CCCN1CC[C@@H](COCC)C1.CCCN1CC[C@H](COC)C1.CCCN1CC[C@H](COCC)C1.